The molecule has 0 aliphatic carbocycles. The van der Waals surface area contributed by atoms with Crippen LogP contribution in [0.25, 0.3) is 11.0 Å². The Morgan fingerprint density at radius 3 is 2.88 bits per heavy atom. The van der Waals surface area contributed by atoms with Gasteiger partial charge in [0.15, 0.2) is 0 Å². The molecule has 0 atom stereocenters. The molecule has 0 aliphatic heterocycles. The van der Waals surface area contributed by atoms with Crippen molar-refractivity contribution >= 4 is 28.3 Å². The first-order chi connectivity index (χ1) is 12.5. The number of aryl methyl sites for hydroxylation is 2. The first-order valence-electron chi connectivity index (χ1n) is 8.51. The van der Waals surface area contributed by atoms with Crippen LogP contribution in [-0.4, -0.2) is 33.7 Å². The number of carbonyl (C=O) groups is 1. The number of hydrogen-bond donors (Lipinski definition) is 2. The van der Waals surface area contributed by atoms with Crippen LogP contribution < -0.4 is 11.0 Å². The highest BCUT2D eigenvalue weighted by atomic mass is 32.1. The molecule has 3 aromatic rings. The summed E-state index contributed by atoms with van der Waals surface area (Å²) in [6, 6.07) is 5.20. The molecular formula is C18H22N4O3S. The van der Waals surface area contributed by atoms with Gasteiger partial charge in [-0.05, 0) is 39.0 Å². The first kappa shape index (κ1) is 18.3. The lowest BCUT2D eigenvalue weighted by molar-refractivity contribution is 0.0951. The van der Waals surface area contributed by atoms with E-state index in [2.05, 4.69) is 15.3 Å². The highest BCUT2D eigenvalue weighted by Crippen LogP contribution is 2.17. The maximum atomic E-state index is 12.4. The lowest BCUT2D eigenvalue weighted by Gasteiger charge is -2.05. The number of ether oxygens (including phenoxy) is 1. The van der Waals surface area contributed by atoms with Crippen molar-refractivity contribution in [3.63, 3.8) is 0 Å². The van der Waals surface area contributed by atoms with Crippen molar-refractivity contribution in [1.29, 1.82) is 0 Å². The maximum Gasteiger partial charge on any atom is 0.326 e. The minimum Gasteiger partial charge on any atom is -0.380 e. The molecule has 1 aromatic carbocycles. The number of aromatic amines is 1. The Labute approximate surface area is 155 Å². The fraction of sp³-hybridized carbons (Fsp3) is 0.389. The van der Waals surface area contributed by atoms with E-state index in [1.54, 1.807) is 34.1 Å². The van der Waals surface area contributed by atoms with Crippen molar-refractivity contribution in [3.8, 4) is 0 Å². The molecule has 8 heteroatoms. The fourth-order valence-corrected chi connectivity index (χ4v) is 3.57. The van der Waals surface area contributed by atoms with Crippen LogP contribution in [0.3, 0.4) is 0 Å². The van der Waals surface area contributed by atoms with E-state index in [0.717, 1.165) is 21.1 Å². The van der Waals surface area contributed by atoms with Crippen molar-refractivity contribution in [2.45, 2.75) is 33.9 Å². The van der Waals surface area contributed by atoms with Crippen LogP contribution in [0.15, 0.2) is 23.0 Å². The molecule has 0 spiro atoms. The second-order valence-electron chi connectivity index (χ2n) is 5.94. The second-order valence-corrected chi connectivity index (χ2v) is 7.23. The number of benzene rings is 1. The number of H-pyrrole nitrogens is 1. The number of nitrogens with zero attached hydrogens (tertiary/aromatic N) is 2. The molecule has 0 fully saturated rings. The van der Waals surface area contributed by atoms with Crippen LogP contribution in [0.5, 0.6) is 0 Å². The Hall–Kier alpha value is -2.45. The molecule has 1 amide bonds. The molecule has 2 N–H and O–H groups in total. The van der Waals surface area contributed by atoms with Crippen molar-refractivity contribution in [2.75, 3.05) is 13.2 Å². The van der Waals surface area contributed by atoms with Crippen LogP contribution >= 0.6 is 11.3 Å². The summed E-state index contributed by atoms with van der Waals surface area (Å²) in [5.74, 6) is -0.194. The van der Waals surface area contributed by atoms with E-state index in [-0.39, 0.29) is 11.6 Å². The van der Waals surface area contributed by atoms with E-state index >= 15 is 0 Å². The van der Waals surface area contributed by atoms with Gasteiger partial charge in [-0.2, -0.15) is 0 Å². The van der Waals surface area contributed by atoms with Gasteiger partial charge in [0.1, 0.15) is 5.01 Å². The zero-order valence-electron chi connectivity index (χ0n) is 15.1. The molecule has 0 saturated carbocycles. The van der Waals surface area contributed by atoms with Crippen molar-refractivity contribution in [3.05, 3.63) is 49.8 Å². The molecule has 2 aromatic heterocycles. The Kier molecular flexibility index (Phi) is 5.53. The predicted molar refractivity (Wildman–Crippen MR) is 102 cm³/mol. The minimum absolute atomic E-state index is 0.194. The fourth-order valence-electron chi connectivity index (χ4n) is 2.70. The van der Waals surface area contributed by atoms with Gasteiger partial charge in [-0.1, -0.05) is 0 Å². The summed E-state index contributed by atoms with van der Waals surface area (Å²) >= 11 is 1.58. The van der Waals surface area contributed by atoms with Gasteiger partial charge in [-0.15, -0.1) is 11.3 Å². The first-order valence-corrected chi connectivity index (χ1v) is 9.32. The van der Waals surface area contributed by atoms with Gasteiger partial charge in [0.25, 0.3) is 5.91 Å². The zero-order chi connectivity index (χ0) is 18.7. The average Bonchev–Trinajstić information content (AvgIpc) is 3.11. The number of thiazole rings is 1. The molecular weight excluding hydrogens is 352 g/mol. The Morgan fingerprint density at radius 2 is 2.19 bits per heavy atom. The highest BCUT2D eigenvalue weighted by Gasteiger charge is 2.12. The van der Waals surface area contributed by atoms with Crippen LogP contribution in [0, 0.1) is 13.8 Å². The van der Waals surface area contributed by atoms with Crippen LogP contribution in [0.1, 0.15) is 32.9 Å². The molecule has 3 rings (SSSR count). The average molecular weight is 374 g/mol. The molecule has 2 heterocycles. The summed E-state index contributed by atoms with van der Waals surface area (Å²) in [6.07, 6.45) is 0. The standard InChI is InChI=1S/C18H22N4O3S/c1-4-25-8-7-22-15-6-5-13(9-14(15)21-18(22)24)17(23)19-10-16-20-11(2)12(3)26-16/h5-6,9H,4,7-8,10H2,1-3H3,(H,19,23)(H,21,24). The predicted octanol–water partition coefficient (Wildman–Crippen LogP) is 2.37. The van der Waals surface area contributed by atoms with E-state index in [0.29, 0.717) is 37.4 Å². The third-order valence-corrected chi connectivity index (χ3v) is 5.25. The number of rotatable bonds is 7. The van der Waals surface area contributed by atoms with Crippen molar-refractivity contribution in [1.82, 2.24) is 19.9 Å². The van der Waals surface area contributed by atoms with Crippen molar-refractivity contribution < 1.29 is 9.53 Å². The number of fused-ring (bicyclic) bond motifs is 1. The molecule has 0 saturated heterocycles. The third-order valence-electron chi connectivity index (χ3n) is 4.17. The van der Waals surface area contributed by atoms with Gasteiger partial charge >= 0.3 is 5.69 Å². The van der Waals surface area contributed by atoms with Crippen LogP contribution in [0.4, 0.5) is 0 Å². The van der Waals surface area contributed by atoms with Gasteiger partial charge < -0.3 is 15.0 Å². The summed E-state index contributed by atoms with van der Waals surface area (Å²) in [5, 5.41) is 3.75. The Morgan fingerprint density at radius 1 is 1.38 bits per heavy atom. The van der Waals surface area contributed by atoms with Crippen LogP contribution in [-0.2, 0) is 17.8 Å². The van der Waals surface area contributed by atoms with Crippen LogP contribution in [0.2, 0.25) is 0 Å². The summed E-state index contributed by atoms with van der Waals surface area (Å²) in [4.78, 5) is 32.9. The molecule has 0 aliphatic rings. The number of imidazole rings is 1. The number of nitrogens with one attached hydrogen (secondary N) is 2. The van der Waals surface area contributed by atoms with Gasteiger partial charge in [0.05, 0.1) is 36.4 Å². The van der Waals surface area contributed by atoms with Gasteiger partial charge in [-0.25, -0.2) is 9.78 Å². The number of amides is 1. The van der Waals surface area contributed by atoms with Gasteiger partial charge in [0, 0.05) is 17.0 Å². The van der Waals surface area contributed by atoms with E-state index in [1.807, 2.05) is 20.8 Å². The Balaban J connectivity index is 1.73. The molecule has 26 heavy (non-hydrogen) atoms. The molecule has 0 unspecified atom stereocenters. The smallest absolute Gasteiger partial charge is 0.326 e. The zero-order valence-corrected chi connectivity index (χ0v) is 15.9. The largest absolute Gasteiger partial charge is 0.380 e. The van der Waals surface area contributed by atoms with E-state index < -0.39 is 0 Å². The number of hydrogen-bond acceptors (Lipinski definition) is 5. The highest BCUT2D eigenvalue weighted by molar-refractivity contribution is 7.11. The monoisotopic (exact) mass is 374 g/mol. The summed E-state index contributed by atoms with van der Waals surface area (Å²) in [5.41, 5.74) is 2.69. The molecule has 0 radical (unpaired) electrons. The minimum atomic E-state index is -0.203. The van der Waals surface area contributed by atoms with Crippen molar-refractivity contribution in [2.24, 2.45) is 0 Å². The van der Waals surface area contributed by atoms with Gasteiger partial charge in [-0.3, -0.25) is 9.36 Å². The quantitative estimate of drug-likeness (QED) is 0.622. The second kappa shape index (κ2) is 7.84. The summed E-state index contributed by atoms with van der Waals surface area (Å²) < 4.78 is 6.93. The summed E-state index contributed by atoms with van der Waals surface area (Å²) in [6.45, 7) is 7.83. The number of aromatic nitrogens is 3. The molecule has 0 bridgehead atoms. The number of carbonyl (C=O) groups excluding carboxylic acids is 1. The lowest BCUT2D eigenvalue weighted by atomic mass is 10.2. The molecule has 7 nitrogen and oxygen atoms in total. The van der Waals surface area contributed by atoms with E-state index in [1.165, 1.54) is 0 Å². The van der Waals surface area contributed by atoms with E-state index in [4.69, 9.17) is 4.74 Å². The topological polar surface area (TPSA) is 89.0 Å². The maximum absolute atomic E-state index is 12.4. The van der Waals surface area contributed by atoms with Gasteiger partial charge in [0.2, 0.25) is 0 Å². The molecule has 138 valence electrons. The third kappa shape index (κ3) is 3.86. The Bertz CT molecular complexity index is 967. The normalized spacial score (nSPS) is 11.2. The summed E-state index contributed by atoms with van der Waals surface area (Å²) in [7, 11) is 0. The SMILES string of the molecule is CCOCCn1c(=O)[nH]c2cc(C(=O)NCc3nc(C)c(C)s3)ccc21. The van der Waals surface area contributed by atoms with E-state index in [9.17, 15) is 9.59 Å². The lowest BCUT2D eigenvalue weighted by Crippen LogP contribution is -2.22.